The predicted octanol–water partition coefficient (Wildman–Crippen LogP) is 3.10. The molecule has 2 aromatic carbocycles. The van der Waals surface area contributed by atoms with Crippen LogP contribution in [0.1, 0.15) is 5.69 Å². The van der Waals surface area contributed by atoms with E-state index in [4.69, 9.17) is 11.6 Å². The van der Waals surface area contributed by atoms with Gasteiger partial charge in [-0.25, -0.2) is 4.79 Å². The number of aromatic amines is 1. The van der Waals surface area contributed by atoms with Gasteiger partial charge >= 0.3 is 5.69 Å². The molecule has 0 saturated heterocycles. The van der Waals surface area contributed by atoms with Crippen LogP contribution in [0.3, 0.4) is 0 Å². The fraction of sp³-hybridized carbons (Fsp3) is 0.174. The van der Waals surface area contributed by atoms with Crippen molar-refractivity contribution in [3.63, 3.8) is 0 Å². The van der Waals surface area contributed by atoms with Crippen molar-refractivity contribution in [2.45, 2.75) is 11.4 Å². The fourth-order valence-electron chi connectivity index (χ4n) is 3.99. The summed E-state index contributed by atoms with van der Waals surface area (Å²) in [6.07, 6.45) is 1.61. The molecule has 1 atom stereocenters. The number of nitrogens with zero attached hydrogens (tertiary/aromatic N) is 4. The molecule has 34 heavy (non-hydrogen) atoms. The number of rotatable bonds is 5. The van der Waals surface area contributed by atoms with Crippen molar-refractivity contribution in [3.8, 4) is 0 Å². The summed E-state index contributed by atoms with van der Waals surface area (Å²) in [5.74, 6) is 0.405. The van der Waals surface area contributed by atoms with Gasteiger partial charge in [-0.05, 0) is 53.6 Å². The van der Waals surface area contributed by atoms with Crippen molar-refractivity contribution < 1.29 is 4.55 Å². The van der Waals surface area contributed by atoms with Crippen LogP contribution in [-0.4, -0.2) is 34.5 Å². The van der Waals surface area contributed by atoms with Crippen LogP contribution in [-0.2, 0) is 31.8 Å². The second-order valence-electron chi connectivity index (χ2n) is 8.00. The lowest BCUT2D eigenvalue weighted by atomic mass is 10.2. The lowest BCUT2D eigenvalue weighted by Crippen LogP contribution is -2.39. The van der Waals surface area contributed by atoms with Gasteiger partial charge in [-0.3, -0.25) is 13.9 Å². The molecule has 0 amide bonds. The molecule has 9 nitrogen and oxygen atoms in total. The third-order valence-corrected chi connectivity index (χ3v) is 7.06. The standard InChI is InChI=1S/C23H21ClN6O3S/c1-28-19-20(27-22(28)26-13-7-9-15(10-8-13)34(3)33)29(2)23(32)30(21(19)31)12-14-11-16-17(24)5-4-6-18(16)25-14/h4-11,25H,12H2,1-3H3,(H,26,27). The van der Waals surface area contributed by atoms with Crippen molar-refractivity contribution in [2.24, 2.45) is 14.1 Å². The van der Waals surface area contributed by atoms with E-state index in [2.05, 4.69) is 15.3 Å². The molecule has 0 aliphatic carbocycles. The van der Waals surface area contributed by atoms with Crippen LogP contribution in [0, 0.1) is 0 Å². The Morgan fingerprint density at radius 2 is 1.85 bits per heavy atom. The van der Waals surface area contributed by atoms with Gasteiger partial charge < -0.3 is 19.4 Å². The number of hydrogen-bond donors (Lipinski definition) is 2. The number of fused-ring (bicyclic) bond motifs is 2. The number of benzene rings is 2. The molecule has 5 aromatic rings. The van der Waals surface area contributed by atoms with Crippen molar-refractivity contribution in [2.75, 3.05) is 11.6 Å². The average Bonchev–Trinajstić information content (AvgIpc) is 3.37. The zero-order chi connectivity index (χ0) is 24.1. The van der Waals surface area contributed by atoms with E-state index in [0.717, 1.165) is 10.9 Å². The molecule has 5 rings (SSSR count). The SMILES string of the molecule is Cn1c(Nc2ccc([S+](C)[O-])cc2)nc2c1c(=O)n(Cc1cc3c(Cl)cccc3[nH]1)c(=O)n2C. The first-order valence-corrected chi connectivity index (χ1v) is 12.3. The molecule has 0 radical (unpaired) electrons. The van der Waals surface area contributed by atoms with E-state index in [-0.39, 0.29) is 12.2 Å². The minimum Gasteiger partial charge on any atom is -0.612 e. The van der Waals surface area contributed by atoms with Gasteiger partial charge in [0.05, 0.1) is 6.54 Å². The summed E-state index contributed by atoms with van der Waals surface area (Å²) >= 11 is 5.19. The number of H-pyrrole nitrogens is 1. The first-order chi connectivity index (χ1) is 16.2. The third kappa shape index (κ3) is 3.69. The molecule has 0 bridgehead atoms. The number of aromatic nitrogens is 5. The summed E-state index contributed by atoms with van der Waals surface area (Å²) in [6, 6.07) is 14.4. The van der Waals surface area contributed by atoms with E-state index in [1.165, 1.54) is 9.13 Å². The van der Waals surface area contributed by atoms with E-state index in [1.54, 1.807) is 55.3 Å². The largest absolute Gasteiger partial charge is 0.612 e. The number of hydrogen-bond acceptors (Lipinski definition) is 5. The van der Waals surface area contributed by atoms with Crippen molar-refractivity contribution in [3.05, 3.63) is 80.1 Å². The van der Waals surface area contributed by atoms with Gasteiger partial charge in [0.15, 0.2) is 16.1 Å². The molecule has 3 heterocycles. The van der Waals surface area contributed by atoms with Gasteiger partial charge in [0, 0.05) is 41.4 Å². The summed E-state index contributed by atoms with van der Waals surface area (Å²) < 4.78 is 15.8. The minimum absolute atomic E-state index is 0.0655. The number of imidazole rings is 1. The first-order valence-electron chi connectivity index (χ1n) is 10.4. The molecule has 0 fully saturated rings. The Hall–Kier alpha value is -3.47. The van der Waals surface area contributed by atoms with E-state index in [1.807, 2.05) is 18.2 Å². The zero-order valence-corrected chi connectivity index (χ0v) is 20.2. The molecule has 0 saturated carbocycles. The summed E-state index contributed by atoms with van der Waals surface area (Å²) in [4.78, 5) is 34.9. The Morgan fingerprint density at radius 3 is 2.53 bits per heavy atom. The van der Waals surface area contributed by atoms with Crippen LogP contribution >= 0.6 is 11.6 Å². The second-order valence-corrected chi connectivity index (χ2v) is 9.79. The van der Waals surface area contributed by atoms with E-state index >= 15 is 0 Å². The molecule has 11 heteroatoms. The van der Waals surface area contributed by atoms with Gasteiger partial charge in [0.1, 0.15) is 6.26 Å². The van der Waals surface area contributed by atoms with Crippen LogP contribution in [0.25, 0.3) is 22.1 Å². The van der Waals surface area contributed by atoms with Crippen LogP contribution in [0.15, 0.2) is 63.0 Å². The van der Waals surface area contributed by atoms with Crippen LogP contribution < -0.4 is 16.6 Å². The highest BCUT2D eigenvalue weighted by Crippen LogP contribution is 2.24. The molecule has 174 valence electrons. The van der Waals surface area contributed by atoms with Gasteiger partial charge in [0.25, 0.3) is 5.56 Å². The molecule has 0 aliphatic rings. The molecular formula is C23H21ClN6O3S. The van der Waals surface area contributed by atoms with Crippen LogP contribution in [0.4, 0.5) is 11.6 Å². The first kappa shape index (κ1) is 22.3. The van der Waals surface area contributed by atoms with Crippen LogP contribution in [0.2, 0.25) is 5.02 Å². The predicted molar refractivity (Wildman–Crippen MR) is 135 cm³/mol. The summed E-state index contributed by atoms with van der Waals surface area (Å²) in [5.41, 5.74) is 1.90. The van der Waals surface area contributed by atoms with E-state index < -0.39 is 22.4 Å². The highest BCUT2D eigenvalue weighted by atomic mass is 35.5. The highest BCUT2D eigenvalue weighted by molar-refractivity contribution is 7.90. The van der Waals surface area contributed by atoms with Crippen molar-refractivity contribution >= 4 is 56.5 Å². The monoisotopic (exact) mass is 496 g/mol. The van der Waals surface area contributed by atoms with Gasteiger partial charge in [0.2, 0.25) is 5.95 Å². The maximum Gasteiger partial charge on any atom is 0.332 e. The molecule has 2 N–H and O–H groups in total. The number of aryl methyl sites for hydroxylation is 2. The van der Waals surface area contributed by atoms with Crippen molar-refractivity contribution in [1.29, 1.82) is 0 Å². The highest BCUT2D eigenvalue weighted by Gasteiger charge is 2.19. The molecule has 0 spiro atoms. The van der Waals surface area contributed by atoms with Crippen LogP contribution in [0.5, 0.6) is 0 Å². The molecule has 1 unspecified atom stereocenters. The Balaban J connectivity index is 1.57. The maximum atomic E-state index is 13.4. The quantitative estimate of drug-likeness (QED) is 0.363. The van der Waals surface area contributed by atoms with Gasteiger partial charge in [-0.2, -0.15) is 4.98 Å². The lowest BCUT2D eigenvalue weighted by molar-refractivity contribution is 0.601. The average molecular weight is 497 g/mol. The normalized spacial score (nSPS) is 12.5. The minimum atomic E-state index is -1.08. The number of anilines is 2. The second kappa shape index (κ2) is 8.39. The Morgan fingerprint density at radius 1 is 1.12 bits per heavy atom. The van der Waals surface area contributed by atoms with E-state index in [9.17, 15) is 14.1 Å². The summed E-state index contributed by atoms with van der Waals surface area (Å²) in [5, 5.41) is 4.59. The maximum absolute atomic E-state index is 13.4. The van der Waals surface area contributed by atoms with Gasteiger partial charge in [-0.1, -0.05) is 17.7 Å². The molecule has 3 aromatic heterocycles. The Kier molecular flexibility index (Phi) is 5.51. The summed E-state index contributed by atoms with van der Waals surface area (Å²) in [7, 11) is 3.30. The Labute approximate surface area is 201 Å². The van der Waals surface area contributed by atoms with Gasteiger partial charge in [-0.15, -0.1) is 0 Å². The smallest absolute Gasteiger partial charge is 0.332 e. The fourth-order valence-corrected chi connectivity index (χ4v) is 4.73. The Bertz CT molecular complexity index is 1660. The number of halogens is 1. The topological polar surface area (TPSA) is 113 Å². The molecular weight excluding hydrogens is 476 g/mol. The number of nitrogens with one attached hydrogen (secondary N) is 2. The summed E-state index contributed by atoms with van der Waals surface area (Å²) in [6.45, 7) is 0.0655. The van der Waals surface area contributed by atoms with Crippen molar-refractivity contribution in [1.82, 2.24) is 23.7 Å². The third-order valence-electron chi connectivity index (χ3n) is 5.80. The zero-order valence-electron chi connectivity index (χ0n) is 18.6. The lowest BCUT2D eigenvalue weighted by Gasteiger charge is -2.08. The van der Waals surface area contributed by atoms with E-state index in [0.29, 0.717) is 32.8 Å². The molecule has 0 aliphatic heterocycles.